The molecule has 0 fully saturated rings. The number of para-hydroxylation sites is 1. The summed E-state index contributed by atoms with van der Waals surface area (Å²) in [6.45, 7) is 0.648. The number of nitrogens with two attached hydrogens (primary N) is 1. The SMILES string of the molecule is NCCc1cccc(-c2nc3c(Cl)cccc3[nH]2)c1. The number of aromatic amines is 1. The number of aromatic nitrogens is 2. The zero-order chi connectivity index (χ0) is 13.2. The number of hydrogen-bond acceptors (Lipinski definition) is 2. The maximum atomic E-state index is 6.14. The van der Waals surface area contributed by atoms with Gasteiger partial charge in [0.15, 0.2) is 0 Å². The molecular formula is C15H14ClN3. The number of halogens is 1. The zero-order valence-corrected chi connectivity index (χ0v) is 11.1. The van der Waals surface area contributed by atoms with Crippen LogP contribution in [0.1, 0.15) is 5.56 Å². The Morgan fingerprint density at radius 3 is 2.79 bits per heavy atom. The Morgan fingerprint density at radius 1 is 1.16 bits per heavy atom. The predicted molar refractivity (Wildman–Crippen MR) is 79.3 cm³/mol. The number of rotatable bonds is 3. The van der Waals surface area contributed by atoms with E-state index in [1.165, 1.54) is 5.56 Å². The van der Waals surface area contributed by atoms with Crippen LogP contribution in [-0.2, 0) is 6.42 Å². The van der Waals surface area contributed by atoms with E-state index in [9.17, 15) is 0 Å². The van der Waals surface area contributed by atoms with Gasteiger partial charge in [0, 0.05) is 5.56 Å². The number of imidazole rings is 1. The molecule has 1 heterocycles. The highest BCUT2D eigenvalue weighted by atomic mass is 35.5. The van der Waals surface area contributed by atoms with Gasteiger partial charge >= 0.3 is 0 Å². The van der Waals surface area contributed by atoms with Gasteiger partial charge in [-0.15, -0.1) is 0 Å². The smallest absolute Gasteiger partial charge is 0.138 e. The quantitative estimate of drug-likeness (QED) is 0.767. The zero-order valence-electron chi connectivity index (χ0n) is 10.4. The van der Waals surface area contributed by atoms with Crippen molar-refractivity contribution in [3.63, 3.8) is 0 Å². The Hall–Kier alpha value is -1.84. The molecule has 0 aliphatic rings. The minimum absolute atomic E-state index is 0.648. The van der Waals surface area contributed by atoms with Crippen LogP contribution < -0.4 is 5.73 Å². The number of H-pyrrole nitrogens is 1. The molecule has 0 atom stereocenters. The average Bonchev–Trinajstić information content (AvgIpc) is 2.85. The molecule has 96 valence electrons. The first-order valence-electron chi connectivity index (χ1n) is 6.21. The maximum absolute atomic E-state index is 6.14. The maximum Gasteiger partial charge on any atom is 0.138 e. The first-order chi connectivity index (χ1) is 9.28. The molecule has 3 aromatic rings. The van der Waals surface area contributed by atoms with Crippen molar-refractivity contribution in [1.29, 1.82) is 0 Å². The molecule has 1 aromatic heterocycles. The normalized spacial score (nSPS) is 11.1. The Labute approximate surface area is 116 Å². The van der Waals surface area contributed by atoms with Gasteiger partial charge in [-0.05, 0) is 36.7 Å². The lowest BCUT2D eigenvalue weighted by Crippen LogP contribution is -2.02. The summed E-state index contributed by atoms with van der Waals surface area (Å²) in [6, 6.07) is 14.0. The summed E-state index contributed by atoms with van der Waals surface area (Å²) in [5, 5.41) is 0.665. The Bertz CT molecular complexity index is 718. The minimum Gasteiger partial charge on any atom is -0.338 e. The fourth-order valence-corrected chi connectivity index (χ4v) is 2.39. The number of hydrogen-bond donors (Lipinski definition) is 2. The van der Waals surface area contributed by atoms with Crippen molar-refractivity contribution in [2.45, 2.75) is 6.42 Å². The topological polar surface area (TPSA) is 54.7 Å². The molecule has 2 aromatic carbocycles. The van der Waals surface area contributed by atoms with Crippen molar-refractivity contribution < 1.29 is 0 Å². The van der Waals surface area contributed by atoms with Crippen LogP contribution >= 0.6 is 11.6 Å². The molecule has 3 nitrogen and oxygen atoms in total. The van der Waals surface area contributed by atoms with Crippen LogP contribution in [0.2, 0.25) is 5.02 Å². The van der Waals surface area contributed by atoms with E-state index in [4.69, 9.17) is 17.3 Å². The largest absolute Gasteiger partial charge is 0.338 e. The summed E-state index contributed by atoms with van der Waals surface area (Å²) in [6.07, 6.45) is 0.870. The second-order valence-corrected chi connectivity index (χ2v) is 4.87. The molecule has 3 rings (SSSR count). The van der Waals surface area contributed by atoms with Crippen LogP contribution in [-0.4, -0.2) is 16.5 Å². The molecule has 0 saturated carbocycles. The van der Waals surface area contributed by atoms with Crippen LogP contribution in [0.15, 0.2) is 42.5 Å². The lowest BCUT2D eigenvalue weighted by molar-refractivity contribution is 0.969. The first-order valence-corrected chi connectivity index (χ1v) is 6.59. The third kappa shape index (κ3) is 2.35. The lowest BCUT2D eigenvalue weighted by atomic mass is 10.1. The standard InChI is InChI=1S/C15H14ClN3/c16-12-5-2-6-13-14(12)19-15(18-13)11-4-1-3-10(9-11)7-8-17/h1-6,9H,7-8,17H2,(H,18,19). The van der Waals surface area contributed by atoms with E-state index in [-0.39, 0.29) is 0 Å². The van der Waals surface area contributed by atoms with Crippen LogP contribution in [0.5, 0.6) is 0 Å². The number of fused-ring (bicyclic) bond motifs is 1. The highest BCUT2D eigenvalue weighted by Gasteiger charge is 2.08. The number of nitrogens with zero attached hydrogens (tertiary/aromatic N) is 1. The summed E-state index contributed by atoms with van der Waals surface area (Å²) in [4.78, 5) is 7.86. The van der Waals surface area contributed by atoms with Gasteiger partial charge in [0.2, 0.25) is 0 Å². The van der Waals surface area contributed by atoms with E-state index in [1.807, 2.05) is 30.3 Å². The highest BCUT2D eigenvalue weighted by molar-refractivity contribution is 6.34. The fourth-order valence-electron chi connectivity index (χ4n) is 2.17. The molecule has 0 radical (unpaired) electrons. The van der Waals surface area contributed by atoms with Gasteiger partial charge in [0.1, 0.15) is 11.3 Å². The van der Waals surface area contributed by atoms with Gasteiger partial charge in [0.05, 0.1) is 10.5 Å². The molecular weight excluding hydrogens is 258 g/mol. The second-order valence-electron chi connectivity index (χ2n) is 4.46. The molecule has 0 bridgehead atoms. The summed E-state index contributed by atoms with van der Waals surface area (Å²) in [7, 11) is 0. The van der Waals surface area contributed by atoms with Gasteiger partial charge in [-0.25, -0.2) is 4.98 Å². The molecule has 4 heteroatoms. The third-order valence-electron chi connectivity index (χ3n) is 3.10. The molecule has 0 aliphatic carbocycles. The molecule has 0 saturated heterocycles. The van der Waals surface area contributed by atoms with Crippen molar-refractivity contribution in [3.8, 4) is 11.4 Å². The van der Waals surface area contributed by atoms with E-state index in [1.54, 1.807) is 0 Å². The number of nitrogens with one attached hydrogen (secondary N) is 1. The third-order valence-corrected chi connectivity index (χ3v) is 3.40. The van der Waals surface area contributed by atoms with Crippen molar-refractivity contribution in [1.82, 2.24) is 9.97 Å². The summed E-state index contributed by atoms with van der Waals surface area (Å²) >= 11 is 6.14. The van der Waals surface area contributed by atoms with E-state index in [2.05, 4.69) is 22.1 Å². The van der Waals surface area contributed by atoms with E-state index < -0.39 is 0 Å². The molecule has 0 spiro atoms. The number of benzene rings is 2. The second kappa shape index (κ2) is 5.03. The summed E-state index contributed by atoms with van der Waals surface area (Å²) in [5.74, 6) is 0.835. The molecule has 0 aliphatic heterocycles. The van der Waals surface area contributed by atoms with Crippen molar-refractivity contribution >= 4 is 22.6 Å². The van der Waals surface area contributed by atoms with E-state index in [0.717, 1.165) is 28.8 Å². The van der Waals surface area contributed by atoms with Gasteiger partial charge in [-0.2, -0.15) is 0 Å². The van der Waals surface area contributed by atoms with Crippen molar-refractivity contribution in [2.24, 2.45) is 5.73 Å². The Morgan fingerprint density at radius 2 is 2.00 bits per heavy atom. The lowest BCUT2D eigenvalue weighted by Gasteiger charge is -2.01. The van der Waals surface area contributed by atoms with Gasteiger partial charge < -0.3 is 10.7 Å². The van der Waals surface area contributed by atoms with E-state index >= 15 is 0 Å². The molecule has 3 N–H and O–H groups in total. The fraction of sp³-hybridized carbons (Fsp3) is 0.133. The summed E-state index contributed by atoms with van der Waals surface area (Å²) in [5.41, 5.74) is 9.62. The molecule has 0 amide bonds. The average molecular weight is 272 g/mol. The Balaban J connectivity index is 2.08. The van der Waals surface area contributed by atoms with Crippen LogP contribution in [0.4, 0.5) is 0 Å². The van der Waals surface area contributed by atoms with Crippen molar-refractivity contribution in [2.75, 3.05) is 6.54 Å². The van der Waals surface area contributed by atoms with Crippen LogP contribution in [0, 0.1) is 0 Å². The highest BCUT2D eigenvalue weighted by Crippen LogP contribution is 2.25. The molecule has 19 heavy (non-hydrogen) atoms. The summed E-state index contributed by atoms with van der Waals surface area (Å²) < 4.78 is 0. The predicted octanol–water partition coefficient (Wildman–Crippen LogP) is 3.38. The van der Waals surface area contributed by atoms with Crippen LogP contribution in [0.3, 0.4) is 0 Å². The monoisotopic (exact) mass is 271 g/mol. The van der Waals surface area contributed by atoms with Crippen molar-refractivity contribution in [3.05, 3.63) is 53.1 Å². The molecule has 0 unspecified atom stereocenters. The van der Waals surface area contributed by atoms with Gasteiger partial charge in [0.25, 0.3) is 0 Å². The minimum atomic E-state index is 0.648. The van der Waals surface area contributed by atoms with Gasteiger partial charge in [-0.1, -0.05) is 35.9 Å². The Kier molecular flexibility index (Phi) is 3.23. The van der Waals surface area contributed by atoms with Gasteiger partial charge in [-0.3, -0.25) is 0 Å². The van der Waals surface area contributed by atoms with Crippen LogP contribution in [0.25, 0.3) is 22.4 Å². The first kappa shape index (κ1) is 12.2. The van der Waals surface area contributed by atoms with E-state index in [0.29, 0.717) is 11.6 Å².